The van der Waals surface area contributed by atoms with E-state index in [2.05, 4.69) is 110 Å². The molecule has 0 atom stereocenters. The van der Waals surface area contributed by atoms with Crippen molar-refractivity contribution in [2.24, 2.45) is 0 Å². The van der Waals surface area contributed by atoms with Crippen molar-refractivity contribution in [3.05, 3.63) is 82.5 Å². The highest BCUT2D eigenvalue weighted by Crippen LogP contribution is 2.43. The molecule has 36 heavy (non-hydrogen) atoms. The Bertz CT molecular complexity index is 1630. The van der Waals surface area contributed by atoms with Gasteiger partial charge in [0.05, 0.1) is 18.5 Å². The van der Waals surface area contributed by atoms with Gasteiger partial charge in [-0.05, 0) is 101 Å². The minimum Gasteiger partial charge on any atom is -0.255 e. The molecule has 184 valence electrons. The molecule has 0 spiro atoms. The molecule has 2 heterocycles. The number of hydrogen-bond donors (Lipinski definition) is 0. The molecule has 0 aliphatic heterocycles. The van der Waals surface area contributed by atoms with Gasteiger partial charge in [0.1, 0.15) is 0 Å². The molecule has 5 aromatic rings. The number of pyridine rings is 1. The maximum atomic E-state index is 4.96. The molecule has 0 fully saturated rings. The second kappa shape index (κ2) is 8.97. The summed E-state index contributed by atoms with van der Waals surface area (Å²) >= 11 is 1.90. The van der Waals surface area contributed by atoms with E-state index in [-0.39, 0.29) is 0 Å². The van der Waals surface area contributed by atoms with Crippen LogP contribution in [-0.4, -0.2) is 13.1 Å². The SMILES string of the molecule is Cc1cc2cc(-c3nccc4c(C)c(-c5ccc([Si](C)(C)C)cc5C)sc34)cc(C(C)C)c2cc1C. The van der Waals surface area contributed by atoms with Gasteiger partial charge in [-0.2, -0.15) is 0 Å². The largest absolute Gasteiger partial charge is 0.255 e. The summed E-state index contributed by atoms with van der Waals surface area (Å²) in [5.74, 6) is 0.446. The minimum absolute atomic E-state index is 0.446. The van der Waals surface area contributed by atoms with Gasteiger partial charge in [0.2, 0.25) is 0 Å². The van der Waals surface area contributed by atoms with Crippen LogP contribution in [0.25, 0.3) is 42.6 Å². The van der Waals surface area contributed by atoms with E-state index in [1.165, 1.54) is 69.9 Å². The number of thiophene rings is 1. The van der Waals surface area contributed by atoms with E-state index in [1.807, 2.05) is 17.5 Å². The van der Waals surface area contributed by atoms with Crippen LogP contribution in [0, 0.1) is 27.7 Å². The minimum atomic E-state index is -1.34. The molecule has 1 nitrogen and oxygen atoms in total. The number of benzene rings is 3. The zero-order chi connectivity index (χ0) is 25.9. The summed E-state index contributed by atoms with van der Waals surface area (Å²) in [6.45, 7) is 20.8. The van der Waals surface area contributed by atoms with Gasteiger partial charge in [-0.15, -0.1) is 11.3 Å². The molecule has 2 aromatic heterocycles. The predicted octanol–water partition coefficient (Wildman–Crippen LogP) is 9.69. The highest BCUT2D eigenvalue weighted by Gasteiger charge is 2.21. The van der Waals surface area contributed by atoms with Gasteiger partial charge in [-0.25, -0.2) is 0 Å². The topological polar surface area (TPSA) is 12.9 Å². The Morgan fingerprint density at radius 1 is 0.778 bits per heavy atom. The average Bonchev–Trinajstić information content (AvgIpc) is 3.15. The molecule has 0 saturated heterocycles. The first-order chi connectivity index (χ1) is 17.0. The fourth-order valence-corrected chi connectivity index (χ4v) is 7.91. The Hall–Kier alpha value is -2.75. The first kappa shape index (κ1) is 24.9. The summed E-state index contributed by atoms with van der Waals surface area (Å²) in [4.78, 5) is 6.33. The van der Waals surface area contributed by atoms with Gasteiger partial charge in [-0.1, -0.05) is 69.0 Å². The van der Waals surface area contributed by atoms with E-state index in [0.29, 0.717) is 5.92 Å². The fourth-order valence-electron chi connectivity index (χ4n) is 5.27. The van der Waals surface area contributed by atoms with Crippen molar-refractivity contribution in [2.75, 3.05) is 0 Å². The Morgan fingerprint density at radius 3 is 2.17 bits per heavy atom. The van der Waals surface area contributed by atoms with Gasteiger partial charge >= 0.3 is 0 Å². The van der Waals surface area contributed by atoms with Crippen molar-refractivity contribution >= 4 is 45.5 Å². The van der Waals surface area contributed by atoms with Crippen LogP contribution in [-0.2, 0) is 0 Å². The molecule has 3 aromatic carbocycles. The van der Waals surface area contributed by atoms with Gasteiger partial charge in [-0.3, -0.25) is 4.98 Å². The van der Waals surface area contributed by atoms with Gasteiger partial charge in [0.25, 0.3) is 0 Å². The highest BCUT2D eigenvalue weighted by molar-refractivity contribution is 7.23. The standard InChI is InChI=1S/C33H37NSSi/c1-19(2)29-18-25(17-24-14-20(3)21(4)16-30(24)29)31-33-28(12-13-34-31)23(6)32(35-33)27-11-10-26(15-22(27)5)36(7,8)9/h10-19H,1-9H3. The summed E-state index contributed by atoms with van der Waals surface area (Å²) in [5, 5.41) is 5.52. The van der Waals surface area contributed by atoms with Crippen LogP contribution in [0.4, 0.5) is 0 Å². The van der Waals surface area contributed by atoms with Crippen LogP contribution in [0.1, 0.15) is 47.6 Å². The van der Waals surface area contributed by atoms with Crippen molar-refractivity contribution in [1.82, 2.24) is 4.98 Å². The maximum Gasteiger partial charge on any atom is 0.0880 e. The number of fused-ring (bicyclic) bond motifs is 2. The first-order valence-electron chi connectivity index (χ1n) is 13.0. The van der Waals surface area contributed by atoms with E-state index < -0.39 is 8.07 Å². The molecule has 0 aliphatic rings. The Balaban J connectivity index is 1.73. The molecule has 5 rings (SSSR count). The number of hydrogen-bond acceptors (Lipinski definition) is 2. The molecular weight excluding hydrogens is 471 g/mol. The normalized spacial score (nSPS) is 12.3. The summed E-state index contributed by atoms with van der Waals surface area (Å²) < 4.78 is 1.29. The zero-order valence-electron chi connectivity index (χ0n) is 23.1. The second-order valence-electron chi connectivity index (χ2n) is 11.7. The van der Waals surface area contributed by atoms with Crippen LogP contribution in [0.15, 0.2) is 54.7 Å². The number of aryl methyl sites for hydroxylation is 4. The lowest BCUT2D eigenvalue weighted by Gasteiger charge is -2.18. The lowest BCUT2D eigenvalue weighted by molar-refractivity contribution is 0.876. The Labute approximate surface area is 221 Å². The molecule has 0 N–H and O–H groups in total. The summed E-state index contributed by atoms with van der Waals surface area (Å²) in [6.07, 6.45) is 1.99. The van der Waals surface area contributed by atoms with Crippen molar-refractivity contribution in [3.8, 4) is 21.7 Å². The van der Waals surface area contributed by atoms with Crippen molar-refractivity contribution < 1.29 is 0 Å². The lowest BCUT2D eigenvalue weighted by Crippen LogP contribution is -2.37. The monoisotopic (exact) mass is 507 g/mol. The number of nitrogens with zero attached hydrogens (tertiary/aromatic N) is 1. The first-order valence-corrected chi connectivity index (χ1v) is 17.3. The molecule has 3 heteroatoms. The smallest absolute Gasteiger partial charge is 0.0880 e. The van der Waals surface area contributed by atoms with Crippen LogP contribution in [0.5, 0.6) is 0 Å². The number of aromatic nitrogens is 1. The molecule has 0 saturated carbocycles. The summed E-state index contributed by atoms with van der Waals surface area (Å²) in [5.41, 5.74) is 10.5. The van der Waals surface area contributed by atoms with Gasteiger partial charge in [0.15, 0.2) is 0 Å². The van der Waals surface area contributed by atoms with E-state index in [1.54, 1.807) is 0 Å². The summed E-state index contributed by atoms with van der Waals surface area (Å²) in [7, 11) is -1.34. The maximum absolute atomic E-state index is 4.96. The molecule has 0 aliphatic carbocycles. The van der Waals surface area contributed by atoms with E-state index >= 15 is 0 Å². The lowest BCUT2D eigenvalue weighted by atomic mass is 9.90. The van der Waals surface area contributed by atoms with E-state index in [9.17, 15) is 0 Å². The van der Waals surface area contributed by atoms with Gasteiger partial charge < -0.3 is 0 Å². The number of rotatable bonds is 4. The molecule has 0 bridgehead atoms. The third-order valence-corrected chi connectivity index (χ3v) is 11.1. The van der Waals surface area contributed by atoms with Crippen LogP contribution in [0.2, 0.25) is 19.6 Å². The predicted molar refractivity (Wildman–Crippen MR) is 164 cm³/mol. The summed E-state index contributed by atoms with van der Waals surface area (Å²) in [6, 6.07) is 18.8. The zero-order valence-corrected chi connectivity index (χ0v) is 24.9. The molecule has 0 unspecified atom stereocenters. The average molecular weight is 508 g/mol. The van der Waals surface area contributed by atoms with E-state index in [0.717, 1.165) is 5.69 Å². The molecular formula is C33H37NSSi. The van der Waals surface area contributed by atoms with Crippen molar-refractivity contribution in [1.29, 1.82) is 0 Å². The molecule has 0 amide bonds. The highest BCUT2D eigenvalue weighted by atomic mass is 32.1. The molecule has 0 radical (unpaired) electrons. The van der Waals surface area contributed by atoms with Crippen LogP contribution in [0.3, 0.4) is 0 Å². The Morgan fingerprint density at radius 2 is 1.50 bits per heavy atom. The van der Waals surface area contributed by atoms with Crippen molar-refractivity contribution in [2.45, 2.75) is 67.1 Å². The quantitative estimate of drug-likeness (QED) is 0.221. The van der Waals surface area contributed by atoms with Crippen LogP contribution < -0.4 is 5.19 Å². The van der Waals surface area contributed by atoms with E-state index in [4.69, 9.17) is 4.98 Å². The third kappa shape index (κ3) is 4.23. The van der Waals surface area contributed by atoms with Gasteiger partial charge in [0, 0.05) is 16.6 Å². The Kier molecular flexibility index (Phi) is 6.21. The second-order valence-corrected chi connectivity index (χ2v) is 17.8. The van der Waals surface area contributed by atoms with Crippen LogP contribution >= 0.6 is 11.3 Å². The fraction of sp³-hybridized carbons (Fsp3) is 0.303. The third-order valence-electron chi connectivity index (χ3n) is 7.68. The van der Waals surface area contributed by atoms with Crippen molar-refractivity contribution in [3.63, 3.8) is 0 Å².